The highest BCUT2D eigenvalue weighted by atomic mass is 35.5. The van der Waals surface area contributed by atoms with Crippen molar-refractivity contribution in [2.24, 2.45) is 0 Å². The zero-order valence-corrected chi connectivity index (χ0v) is 12.0. The summed E-state index contributed by atoms with van der Waals surface area (Å²) in [6.45, 7) is 0. The summed E-state index contributed by atoms with van der Waals surface area (Å²) in [5.74, 6) is 0.425. The number of ketones is 1. The first-order valence-electron chi connectivity index (χ1n) is 6.41. The second-order valence-electron chi connectivity index (χ2n) is 4.76. The average molecular weight is 307 g/mol. The summed E-state index contributed by atoms with van der Waals surface area (Å²) in [7, 11) is 1.53. The van der Waals surface area contributed by atoms with Gasteiger partial charge < -0.3 is 9.47 Å². The molecule has 0 fully saturated rings. The van der Waals surface area contributed by atoms with Crippen LogP contribution in [0.25, 0.3) is 0 Å². The maximum atomic E-state index is 14.0. The van der Waals surface area contributed by atoms with Crippen molar-refractivity contribution in [3.63, 3.8) is 0 Å². The van der Waals surface area contributed by atoms with Crippen LogP contribution >= 0.6 is 11.6 Å². The highest BCUT2D eigenvalue weighted by molar-refractivity contribution is 6.30. The predicted molar refractivity (Wildman–Crippen MR) is 76.7 cm³/mol. The summed E-state index contributed by atoms with van der Waals surface area (Å²) in [6.07, 6.45) is -0.563. The minimum Gasteiger partial charge on any atom is -0.497 e. The number of methoxy groups -OCH3 is 1. The van der Waals surface area contributed by atoms with E-state index in [0.717, 1.165) is 0 Å². The second kappa shape index (κ2) is 5.37. The van der Waals surface area contributed by atoms with Crippen molar-refractivity contribution < 1.29 is 18.7 Å². The lowest BCUT2D eigenvalue weighted by Gasteiger charge is -2.26. The number of ether oxygens (including phenoxy) is 2. The normalized spacial score (nSPS) is 17.1. The summed E-state index contributed by atoms with van der Waals surface area (Å²) in [5, 5.41) is 0.306. The van der Waals surface area contributed by atoms with Crippen LogP contribution in [0.15, 0.2) is 36.4 Å². The van der Waals surface area contributed by atoms with Gasteiger partial charge in [-0.3, -0.25) is 4.79 Å². The van der Waals surface area contributed by atoms with Crippen molar-refractivity contribution in [1.29, 1.82) is 0 Å². The molecule has 1 atom stereocenters. The number of Topliss-reactive ketones (excluding diaryl/α,β-unsaturated/α-hetero) is 1. The molecule has 21 heavy (non-hydrogen) atoms. The molecule has 0 saturated carbocycles. The Kier molecular flexibility index (Phi) is 3.55. The van der Waals surface area contributed by atoms with Crippen molar-refractivity contribution in [3.05, 3.63) is 58.4 Å². The number of benzene rings is 2. The zero-order chi connectivity index (χ0) is 15.0. The standard InChI is InChI=1S/C16H12ClFO3/c1-20-10-3-5-12-14(19)8-16(21-15(12)7-10)11-4-2-9(17)6-13(11)18/h2-7,16H,8H2,1H3. The zero-order valence-electron chi connectivity index (χ0n) is 11.2. The lowest BCUT2D eigenvalue weighted by molar-refractivity contribution is 0.0845. The number of rotatable bonds is 2. The summed E-state index contributed by atoms with van der Waals surface area (Å²) in [5.41, 5.74) is 0.808. The van der Waals surface area contributed by atoms with Crippen molar-refractivity contribution in [2.45, 2.75) is 12.5 Å². The molecule has 0 saturated heterocycles. The molecular formula is C16H12ClFO3. The summed E-state index contributed by atoms with van der Waals surface area (Å²) in [6, 6.07) is 9.32. The van der Waals surface area contributed by atoms with Crippen LogP contribution in [-0.4, -0.2) is 12.9 Å². The molecule has 0 bridgehead atoms. The molecular weight excluding hydrogens is 295 g/mol. The van der Waals surface area contributed by atoms with Gasteiger partial charge in [0.15, 0.2) is 5.78 Å². The first kappa shape index (κ1) is 13.9. The number of fused-ring (bicyclic) bond motifs is 1. The van der Waals surface area contributed by atoms with E-state index in [1.807, 2.05) is 0 Å². The van der Waals surface area contributed by atoms with Crippen molar-refractivity contribution in [2.75, 3.05) is 7.11 Å². The van der Waals surface area contributed by atoms with Gasteiger partial charge in [0.25, 0.3) is 0 Å². The molecule has 0 aliphatic carbocycles. The highest BCUT2D eigenvalue weighted by Gasteiger charge is 2.29. The number of carbonyl (C=O) groups is 1. The van der Waals surface area contributed by atoms with Crippen LogP contribution in [0.3, 0.4) is 0 Å². The van der Waals surface area contributed by atoms with Crippen molar-refractivity contribution in [3.8, 4) is 11.5 Å². The molecule has 1 aliphatic rings. The Morgan fingerprint density at radius 1 is 1.29 bits per heavy atom. The number of hydrogen-bond donors (Lipinski definition) is 0. The highest BCUT2D eigenvalue weighted by Crippen LogP contribution is 2.37. The molecule has 3 nitrogen and oxygen atoms in total. The molecule has 5 heteroatoms. The Labute approximate surface area is 126 Å². The van der Waals surface area contributed by atoms with Gasteiger partial charge in [0.2, 0.25) is 0 Å². The maximum Gasteiger partial charge on any atom is 0.170 e. The van der Waals surface area contributed by atoms with E-state index in [4.69, 9.17) is 21.1 Å². The van der Waals surface area contributed by atoms with Crippen LogP contribution in [0.5, 0.6) is 11.5 Å². The Morgan fingerprint density at radius 2 is 2.10 bits per heavy atom. The van der Waals surface area contributed by atoms with E-state index < -0.39 is 11.9 Å². The quantitative estimate of drug-likeness (QED) is 0.834. The molecule has 0 N–H and O–H groups in total. The lowest BCUT2D eigenvalue weighted by atomic mass is 9.96. The topological polar surface area (TPSA) is 35.5 Å². The van der Waals surface area contributed by atoms with Crippen LogP contribution in [0.2, 0.25) is 5.02 Å². The summed E-state index contributed by atoms with van der Waals surface area (Å²) >= 11 is 5.74. The Hall–Kier alpha value is -2.07. The predicted octanol–water partition coefficient (Wildman–Crippen LogP) is 4.19. The van der Waals surface area contributed by atoms with E-state index in [2.05, 4.69) is 0 Å². The first-order chi connectivity index (χ1) is 10.1. The minimum atomic E-state index is -0.658. The minimum absolute atomic E-state index is 0.0850. The van der Waals surface area contributed by atoms with Crippen LogP contribution < -0.4 is 9.47 Å². The SMILES string of the molecule is COc1ccc2c(c1)OC(c1ccc(Cl)cc1F)CC2=O. The van der Waals surface area contributed by atoms with Gasteiger partial charge in [-0.1, -0.05) is 17.7 Å². The number of halogens is 2. The van der Waals surface area contributed by atoms with E-state index in [1.165, 1.54) is 13.2 Å². The van der Waals surface area contributed by atoms with E-state index in [9.17, 15) is 9.18 Å². The molecule has 1 heterocycles. The largest absolute Gasteiger partial charge is 0.497 e. The first-order valence-corrected chi connectivity index (χ1v) is 6.79. The fourth-order valence-corrected chi connectivity index (χ4v) is 2.53. The van der Waals surface area contributed by atoms with Gasteiger partial charge in [-0.2, -0.15) is 0 Å². The average Bonchev–Trinajstić information content (AvgIpc) is 2.46. The molecule has 0 amide bonds. The van der Waals surface area contributed by atoms with Gasteiger partial charge in [-0.25, -0.2) is 4.39 Å². The van der Waals surface area contributed by atoms with Crippen LogP contribution in [0.4, 0.5) is 4.39 Å². The van der Waals surface area contributed by atoms with Gasteiger partial charge in [0.05, 0.1) is 19.1 Å². The molecule has 0 aromatic heterocycles. The summed E-state index contributed by atoms with van der Waals surface area (Å²) < 4.78 is 24.9. The van der Waals surface area contributed by atoms with Crippen LogP contribution in [0, 0.1) is 5.82 Å². The van der Waals surface area contributed by atoms with E-state index in [-0.39, 0.29) is 12.2 Å². The molecule has 2 aromatic carbocycles. The third kappa shape index (κ3) is 2.59. The lowest BCUT2D eigenvalue weighted by Crippen LogP contribution is -2.21. The third-order valence-electron chi connectivity index (χ3n) is 3.44. The third-order valence-corrected chi connectivity index (χ3v) is 3.67. The molecule has 0 spiro atoms. The summed E-state index contributed by atoms with van der Waals surface area (Å²) in [4.78, 5) is 12.2. The smallest absolute Gasteiger partial charge is 0.170 e. The number of carbonyl (C=O) groups excluding carboxylic acids is 1. The van der Waals surface area contributed by atoms with Crippen LogP contribution in [-0.2, 0) is 0 Å². The Bertz CT molecular complexity index is 715. The van der Waals surface area contributed by atoms with Gasteiger partial charge >= 0.3 is 0 Å². The van der Waals surface area contributed by atoms with E-state index >= 15 is 0 Å². The maximum absolute atomic E-state index is 14.0. The monoisotopic (exact) mass is 306 g/mol. The number of hydrogen-bond acceptors (Lipinski definition) is 3. The van der Waals surface area contributed by atoms with Crippen LogP contribution in [0.1, 0.15) is 28.4 Å². The fraction of sp³-hybridized carbons (Fsp3) is 0.188. The Balaban J connectivity index is 1.99. The van der Waals surface area contributed by atoms with Gasteiger partial charge in [0.1, 0.15) is 23.4 Å². The molecule has 108 valence electrons. The Morgan fingerprint density at radius 3 is 2.81 bits per heavy atom. The van der Waals surface area contributed by atoms with Gasteiger partial charge in [-0.15, -0.1) is 0 Å². The van der Waals surface area contributed by atoms with Gasteiger partial charge in [0, 0.05) is 16.7 Å². The fourth-order valence-electron chi connectivity index (χ4n) is 2.37. The van der Waals surface area contributed by atoms with E-state index in [1.54, 1.807) is 30.3 Å². The molecule has 3 rings (SSSR count). The van der Waals surface area contributed by atoms with E-state index in [0.29, 0.717) is 27.6 Å². The second-order valence-corrected chi connectivity index (χ2v) is 5.20. The molecule has 2 aromatic rings. The van der Waals surface area contributed by atoms with Crippen molar-refractivity contribution >= 4 is 17.4 Å². The molecule has 1 unspecified atom stereocenters. The van der Waals surface area contributed by atoms with Crippen molar-refractivity contribution in [1.82, 2.24) is 0 Å². The molecule has 0 radical (unpaired) electrons. The molecule has 1 aliphatic heterocycles. The van der Waals surface area contributed by atoms with Gasteiger partial charge in [-0.05, 0) is 24.3 Å².